The standard InChI is InChI=1S/C22H30N4O2/c1-2-28-17-11-9-16(10-12-17)20(26-13-5-6-14-26)15-23-22(27)21-18-7-3-4-8-19(18)24-25-21/h9-12,20H,2-8,13-15H2,1H3,(H,23,27)(H,24,25). The zero-order valence-corrected chi connectivity index (χ0v) is 16.7. The quantitative estimate of drug-likeness (QED) is 0.771. The van der Waals surface area contributed by atoms with Crippen molar-refractivity contribution in [2.24, 2.45) is 0 Å². The number of amides is 1. The summed E-state index contributed by atoms with van der Waals surface area (Å²) in [6.07, 6.45) is 6.68. The van der Waals surface area contributed by atoms with Gasteiger partial charge in [0.15, 0.2) is 5.69 Å². The summed E-state index contributed by atoms with van der Waals surface area (Å²) < 4.78 is 5.57. The molecule has 4 rings (SSSR count). The third kappa shape index (κ3) is 4.07. The number of rotatable bonds is 7. The van der Waals surface area contributed by atoms with Crippen LogP contribution in [0.4, 0.5) is 0 Å². The molecule has 1 unspecified atom stereocenters. The molecule has 6 nitrogen and oxygen atoms in total. The Bertz CT molecular complexity index is 793. The minimum Gasteiger partial charge on any atom is -0.494 e. The molecule has 2 aliphatic rings. The fourth-order valence-corrected chi connectivity index (χ4v) is 4.41. The highest BCUT2D eigenvalue weighted by Gasteiger charge is 2.26. The Hall–Kier alpha value is -2.34. The third-order valence-electron chi connectivity index (χ3n) is 5.88. The van der Waals surface area contributed by atoms with Gasteiger partial charge in [-0.3, -0.25) is 14.8 Å². The molecule has 6 heteroatoms. The second-order valence-corrected chi connectivity index (χ2v) is 7.71. The smallest absolute Gasteiger partial charge is 0.272 e. The summed E-state index contributed by atoms with van der Waals surface area (Å²) in [5, 5.41) is 10.5. The fraction of sp³-hybridized carbons (Fsp3) is 0.545. The second-order valence-electron chi connectivity index (χ2n) is 7.71. The molecule has 1 fully saturated rings. The molecule has 28 heavy (non-hydrogen) atoms. The Balaban J connectivity index is 1.46. The molecule has 1 aromatic heterocycles. The molecule has 1 aliphatic carbocycles. The van der Waals surface area contributed by atoms with Crippen molar-refractivity contribution in [2.75, 3.05) is 26.2 Å². The van der Waals surface area contributed by atoms with Crippen LogP contribution in [0, 0.1) is 0 Å². The molecular weight excluding hydrogens is 352 g/mol. The maximum absolute atomic E-state index is 12.8. The largest absolute Gasteiger partial charge is 0.494 e. The SMILES string of the molecule is CCOc1ccc(C(CNC(=O)c2n[nH]c3c2CCCC3)N2CCCC2)cc1. The lowest BCUT2D eigenvalue weighted by Crippen LogP contribution is -2.37. The van der Waals surface area contributed by atoms with Gasteiger partial charge in [-0.1, -0.05) is 12.1 Å². The molecule has 1 aromatic carbocycles. The highest BCUT2D eigenvalue weighted by molar-refractivity contribution is 5.94. The van der Waals surface area contributed by atoms with Crippen molar-refractivity contribution in [3.63, 3.8) is 0 Å². The Morgan fingerprint density at radius 2 is 1.93 bits per heavy atom. The number of aryl methyl sites for hydroxylation is 1. The zero-order valence-electron chi connectivity index (χ0n) is 16.7. The molecule has 1 aliphatic heterocycles. The van der Waals surface area contributed by atoms with Crippen LogP contribution in [0.5, 0.6) is 5.75 Å². The van der Waals surface area contributed by atoms with Crippen molar-refractivity contribution in [3.8, 4) is 5.75 Å². The first-order chi connectivity index (χ1) is 13.8. The number of H-pyrrole nitrogens is 1. The number of benzene rings is 1. The maximum atomic E-state index is 12.8. The number of aromatic amines is 1. The van der Waals surface area contributed by atoms with Crippen LogP contribution in [0.1, 0.15) is 66.0 Å². The summed E-state index contributed by atoms with van der Waals surface area (Å²) in [6, 6.07) is 8.46. The summed E-state index contributed by atoms with van der Waals surface area (Å²) in [4.78, 5) is 15.3. The summed E-state index contributed by atoms with van der Waals surface area (Å²) in [5.41, 5.74) is 4.05. The van der Waals surface area contributed by atoms with E-state index < -0.39 is 0 Å². The van der Waals surface area contributed by atoms with E-state index in [2.05, 4.69) is 32.5 Å². The van der Waals surface area contributed by atoms with Crippen LogP contribution >= 0.6 is 0 Å². The van der Waals surface area contributed by atoms with E-state index in [1.165, 1.54) is 24.8 Å². The Labute approximate surface area is 166 Å². The van der Waals surface area contributed by atoms with Crippen molar-refractivity contribution < 1.29 is 9.53 Å². The highest BCUT2D eigenvalue weighted by Crippen LogP contribution is 2.27. The average molecular weight is 383 g/mol. The number of carbonyl (C=O) groups is 1. The lowest BCUT2D eigenvalue weighted by molar-refractivity contribution is 0.0931. The molecule has 0 bridgehead atoms. The summed E-state index contributed by atoms with van der Waals surface area (Å²) >= 11 is 0. The van der Waals surface area contributed by atoms with Crippen LogP contribution in [0.25, 0.3) is 0 Å². The van der Waals surface area contributed by atoms with Gasteiger partial charge in [0.25, 0.3) is 5.91 Å². The minimum absolute atomic E-state index is 0.0606. The molecular formula is C22H30N4O2. The third-order valence-corrected chi connectivity index (χ3v) is 5.88. The van der Waals surface area contributed by atoms with Gasteiger partial charge in [-0.05, 0) is 76.2 Å². The number of nitrogens with zero attached hydrogens (tertiary/aromatic N) is 2. The Morgan fingerprint density at radius 1 is 1.18 bits per heavy atom. The molecule has 1 saturated heterocycles. The van der Waals surface area contributed by atoms with Gasteiger partial charge in [0, 0.05) is 17.8 Å². The number of likely N-dealkylation sites (tertiary alicyclic amines) is 1. The van der Waals surface area contributed by atoms with Gasteiger partial charge >= 0.3 is 0 Å². The molecule has 0 spiro atoms. The number of carbonyl (C=O) groups excluding carboxylic acids is 1. The highest BCUT2D eigenvalue weighted by atomic mass is 16.5. The van der Waals surface area contributed by atoms with Gasteiger partial charge < -0.3 is 10.1 Å². The van der Waals surface area contributed by atoms with Crippen LogP contribution < -0.4 is 10.1 Å². The van der Waals surface area contributed by atoms with E-state index in [4.69, 9.17) is 4.74 Å². The molecule has 0 radical (unpaired) electrons. The van der Waals surface area contributed by atoms with E-state index in [1.54, 1.807) is 0 Å². The molecule has 1 atom stereocenters. The average Bonchev–Trinajstić information content (AvgIpc) is 3.39. The molecule has 0 saturated carbocycles. The first-order valence-electron chi connectivity index (χ1n) is 10.6. The zero-order chi connectivity index (χ0) is 19.3. The van der Waals surface area contributed by atoms with Crippen LogP contribution in [-0.4, -0.2) is 47.2 Å². The van der Waals surface area contributed by atoms with E-state index >= 15 is 0 Å². The van der Waals surface area contributed by atoms with Gasteiger partial charge in [-0.15, -0.1) is 0 Å². The number of nitrogens with one attached hydrogen (secondary N) is 2. The van der Waals surface area contributed by atoms with Crippen LogP contribution in [0.2, 0.25) is 0 Å². The van der Waals surface area contributed by atoms with Gasteiger partial charge in [0.1, 0.15) is 5.75 Å². The Kier molecular flexibility index (Phi) is 5.95. The number of aromatic nitrogens is 2. The normalized spacial score (nSPS) is 17.9. The van der Waals surface area contributed by atoms with E-state index in [9.17, 15) is 4.79 Å². The van der Waals surface area contributed by atoms with Gasteiger partial charge in [-0.2, -0.15) is 5.10 Å². The topological polar surface area (TPSA) is 70.2 Å². The lowest BCUT2D eigenvalue weighted by atomic mass is 9.95. The van der Waals surface area contributed by atoms with E-state index in [0.29, 0.717) is 18.8 Å². The van der Waals surface area contributed by atoms with Crippen molar-refractivity contribution in [3.05, 3.63) is 46.8 Å². The fourth-order valence-electron chi connectivity index (χ4n) is 4.41. The number of hydrogen-bond donors (Lipinski definition) is 2. The van der Waals surface area contributed by atoms with Crippen LogP contribution in [0.3, 0.4) is 0 Å². The Morgan fingerprint density at radius 3 is 2.68 bits per heavy atom. The number of fused-ring (bicyclic) bond motifs is 1. The van der Waals surface area contributed by atoms with Gasteiger partial charge in [-0.25, -0.2) is 0 Å². The van der Waals surface area contributed by atoms with E-state index in [1.807, 2.05) is 19.1 Å². The van der Waals surface area contributed by atoms with Crippen LogP contribution in [0.15, 0.2) is 24.3 Å². The van der Waals surface area contributed by atoms with E-state index in [-0.39, 0.29) is 11.9 Å². The number of hydrogen-bond acceptors (Lipinski definition) is 4. The first-order valence-corrected chi connectivity index (χ1v) is 10.6. The summed E-state index contributed by atoms with van der Waals surface area (Å²) in [6.45, 7) is 5.40. The van der Waals surface area contributed by atoms with Gasteiger partial charge in [0.2, 0.25) is 0 Å². The first kappa shape index (κ1) is 19.0. The molecule has 2 aromatic rings. The monoisotopic (exact) mass is 382 g/mol. The maximum Gasteiger partial charge on any atom is 0.272 e. The molecule has 150 valence electrons. The molecule has 2 heterocycles. The predicted octanol–water partition coefficient (Wildman–Crippen LogP) is 3.25. The van der Waals surface area contributed by atoms with Crippen molar-refractivity contribution >= 4 is 5.91 Å². The predicted molar refractivity (Wildman–Crippen MR) is 109 cm³/mol. The minimum atomic E-state index is -0.0606. The summed E-state index contributed by atoms with van der Waals surface area (Å²) in [5.74, 6) is 0.827. The molecule has 2 N–H and O–H groups in total. The number of ether oxygens (including phenoxy) is 1. The molecule has 1 amide bonds. The van der Waals surface area contributed by atoms with Crippen molar-refractivity contribution in [1.82, 2.24) is 20.4 Å². The van der Waals surface area contributed by atoms with Crippen molar-refractivity contribution in [1.29, 1.82) is 0 Å². The van der Waals surface area contributed by atoms with Crippen molar-refractivity contribution in [2.45, 2.75) is 51.5 Å². The van der Waals surface area contributed by atoms with Crippen LogP contribution in [-0.2, 0) is 12.8 Å². The lowest BCUT2D eigenvalue weighted by Gasteiger charge is -2.28. The second kappa shape index (κ2) is 8.78. The van der Waals surface area contributed by atoms with Gasteiger partial charge in [0.05, 0.1) is 12.6 Å². The summed E-state index contributed by atoms with van der Waals surface area (Å²) in [7, 11) is 0. The van der Waals surface area contributed by atoms with E-state index in [0.717, 1.165) is 49.4 Å².